The van der Waals surface area contributed by atoms with E-state index in [0.29, 0.717) is 24.2 Å². The molecule has 0 radical (unpaired) electrons. The van der Waals surface area contributed by atoms with Crippen molar-refractivity contribution in [2.24, 2.45) is 5.92 Å². The van der Waals surface area contributed by atoms with Crippen molar-refractivity contribution in [2.45, 2.75) is 45.4 Å². The summed E-state index contributed by atoms with van der Waals surface area (Å²) < 4.78 is 30.8. The molecule has 29 heavy (non-hydrogen) atoms. The number of aromatic nitrogens is 2. The molecule has 1 aromatic heterocycles. The first-order valence-electron chi connectivity index (χ1n) is 9.45. The van der Waals surface area contributed by atoms with E-state index < -0.39 is 37.1 Å². The highest BCUT2D eigenvalue weighted by molar-refractivity contribution is 7.49. The maximum absolute atomic E-state index is 13.0. The minimum absolute atomic E-state index is 0.101. The molecule has 2 heterocycles. The second-order valence-corrected chi connectivity index (χ2v) is 9.12. The Bertz CT molecular complexity index is 1090. The second-order valence-electron chi connectivity index (χ2n) is 7.53. The van der Waals surface area contributed by atoms with Gasteiger partial charge in [0.25, 0.3) is 5.56 Å². The Kier molecular flexibility index (Phi) is 5.25. The van der Waals surface area contributed by atoms with E-state index >= 15 is 0 Å². The standard InChI is InChI=1S/C19H23N2O7P/c1-11-4-3-5-13-9-26-29(25,28-17(11)13)27-10-14-15(6-7-16(14)22)21-8-12(2)18(23)20-19(21)24/h3-5,8,14-16,22H,6-7,9-10H2,1-2H3,(H,20,23,24)/t14-,15+,16-,29?/m0/s1. The summed E-state index contributed by atoms with van der Waals surface area (Å²) in [6.07, 6.45) is 1.71. The van der Waals surface area contributed by atoms with Crippen LogP contribution >= 0.6 is 7.82 Å². The van der Waals surface area contributed by atoms with Gasteiger partial charge in [-0.1, -0.05) is 18.2 Å². The molecule has 0 amide bonds. The summed E-state index contributed by atoms with van der Waals surface area (Å²) in [5.41, 5.74) is 1.01. The summed E-state index contributed by atoms with van der Waals surface area (Å²) in [7, 11) is -3.86. The minimum atomic E-state index is -3.86. The van der Waals surface area contributed by atoms with Gasteiger partial charge < -0.3 is 9.63 Å². The smallest absolute Gasteiger partial charge is 0.403 e. The molecular weight excluding hydrogens is 399 g/mol. The van der Waals surface area contributed by atoms with Gasteiger partial charge in [-0.05, 0) is 32.3 Å². The zero-order chi connectivity index (χ0) is 20.8. The second kappa shape index (κ2) is 7.57. The third-order valence-corrected chi connectivity index (χ3v) is 6.87. The lowest BCUT2D eigenvalue weighted by atomic mass is 10.0. The van der Waals surface area contributed by atoms with E-state index in [2.05, 4.69) is 4.98 Å². The topological polar surface area (TPSA) is 120 Å². The van der Waals surface area contributed by atoms with Gasteiger partial charge in [0.05, 0.1) is 19.3 Å². The van der Waals surface area contributed by atoms with Crippen LogP contribution in [-0.4, -0.2) is 27.4 Å². The van der Waals surface area contributed by atoms with Gasteiger partial charge in [0.15, 0.2) is 0 Å². The van der Waals surface area contributed by atoms with Crippen LogP contribution in [0.2, 0.25) is 0 Å². The number of aliphatic hydroxyl groups excluding tert-OH is 1. The molecule has 1 aromatic carbocycles. The SMILES string of the molecule is Cc1cccc2c1OP(=O)(OC[C@H]1[C@H](n3cc(C)c(=O)[nH]c3=O)CC[C@@H]1O)OC2. The Morgan fingerprint density at radius 3 is 2.86 bits per heavy atom. The first-order valence-corrected chi connectivity index (χ1v) is 10.9. The number of H-pyrrole nitrogens is 1. The average Bonchev–Trinajstić information content (AvgIpc) is 3.04. The van der Waals surface area contributed by atoms with Crippen molar-refractivity contribution >= 4 is 7.82 Å². The van der Waals surface area contributed by atoms with Crippen LogP contribution in [0.3, 0.4) is 0 Å². The fourth-order valence-electron chi connectivity index (χ4n) is 3.91. The Hall–Kier alpha value is -2.19. The number of para-hydroxylation sites is 1. The van der Waals surface area contributed by atoms with Gasteiger partial charge in [0, 0.05) is 29.3 Å². The molecule has 0 spiro atoms. The van der Waals surface area contributed by atoms with E-state index in [0.717, 1.165) is 11.1 Å². The maximum atomic E-state index is 13.0. The number of aromatic amines is 1. The highest BCUT2D eigenvalue weighted by Crippen LogP contribution is 2.56. The minimum Gasteiger partial charge on any atom is -0.403 e. The Morgan fingerprint density at radius 2 is 2.07 bits per heavy atom. The van der Waals surface area contributed by atoms with Gasteiger partial charge in [0.1, 0.15) is 5.75 Å². The Balaban J connectivity index is 1.53. The summed E-state index contributed by atoms with van der Waals surface area (Å²) in [6.45, 7) is 3.43. The molecule has 1 aliphatic carbocycles. The summed E-state index contributed by atoms with van der Waals surface area (Å²) in [5.74, 6) is -0.0209. The summed E-state index contributed by atoms with van der Waals surface area (Å²) in [4.78, 5) is 26.2. The number of nitrogens with zero attached hydrogens (tertiary/aromatic N) is 1. The van der Waals surface area contributed by atoms with Crippen molar-refractivity contribution in [3.63, 3.8) is 0 Å². The summed E-state index contributed by atoms with van der Waals surface area (Å²) in [6, 6.07) is 5.13. The van der Waals surface area contributed by atoms with Crippen molar-refractivity contribution in [1.82, 2.24) is 9.55 Å². The van der Waals surface area contributed by atoms with Crippen LogP contribution in [0.4, 0.5) is 0 Å². The molecule has 1 saturated carbocycles. The van der Waals surface area contributed by atoms with Gasteiger partial charge in [0.2, 0.25) is 0 Å². The average molecular weight is 422 g/mol. The van der Waals surface area contributed by atoms with Gasteiger partial charge in [-0.25, -0.2) is 9.36 Å². The third kappa shape index (κ3) is 3.83. The molecule has 1 aliphatic heterocycles. The first-order chi connectivity index (χ1) is 13.8. The number of nitrogens with one attached hydrogen (secondary N) is 1. The van der Waals surface area contributed by atoms with Crippen LogP contribution in [0.15, 0.2) is 34.0 Å². The van der Waals surface area contributed by atoms with Crippen LogP contribution in [-0.2, 0) is 20.2 Å². The van der Waals surface area contributed by atoms with Crippen LogP contribution in [0.1, 0.15) is 35.6 Å². The van der Waals surface area contributed by atoms with Gasteiger partial charge >= 0.3 is 13.5 Å². The van der Waals surface area contributed by atoms with E-state index in [1.165, 1.54) is 10.8 Å². The number of fused-ring (bicyclic) bond motifs is 1. The van der Waals surface area contributed by atoms with E-state index in [1.54, 1.807) is 6.92 Å². The van der Waals surface area contributed by atoms with Gasteiger partial charge in [-0.3, -0.25) is 23.4 Å². The Morgan fingerprint density at radius 1 is 1.28 bits per heavy atom. The van der Waals surface area contributed by atoms with Gasteiger partial charge in [-0.2, -0.15) is 0 Å². The third-order valence-electron chi connectivity index (χ3n) is 5.55. The molecule has 156 valence electrons. The van der Waals surface area contributed by atoms with E-state index in [-0.39, 0.29) is 13.2 Å². The number of aryl methyl sites for hydroxylation is 2. The highest BCUT2D eigenvalue weighted by Gasteiger charge is 2.41. The number of hydrogen-bond donors (Lipinski definition) is 2. The molecule has 4 rings (SSSR count). The maximum Gasteiger partial charge on any atom is 0.530 e. The molecule has 4 atom stereocenters. The van der Waals surface area contributed by atoms with E-state index in [1.807, 2.05) is 25.1 Å². The monoisotopic (exact) mass is 422 g/mol. The molecule has 2 N–H and O–H groups in total. The molecule has 2 aliphatic rings. The van der Waals surface area contributed by atoms with Crippen molar-refractivity contribution in [3.8, 4) is 5.75 Å². The normalized spacial score (nSPS) is 28.7. The number of benzene rings is 1. The highest BCUT2D eigenvalue weighted by atomic mass is 31.2. The zero-order valence-corrected chi connectivity index (χ0v) is 17.1. The zero-order valence-electron chi connectivity index (χ0n) is 16.2. The number of hydrogen-bond acceptors (Lipinski definition) is 7. The largest absolute Gasteiger partial charge is 0.530 e. The predicted molar refractivity (Wildman–Crippen MR) is 104 cm³/mol. The summed E-state index contributed by atoms with van der Waals surface area (Å²) in [5, 5.41) is 10.4. The molecule has 10 heteroatoms. The number of phosphoric ester groups is 1. The molecule has 2 aromatic rings. The molecule has 0 bridgehead atoms. The lowest BCUT2D eigenvalue weighted by molar-refractivity contribution is 0.0579. The molecular formula is C19H23N2O7P. The van der Waals surface area contributed by atoms with E-state index in [9.17, 15) is 19.3 Å². The van der Waals surface area contributed by atoms with Gasteiger partial charge in [-0.15, -0.1) is 0 Å². The molecule has 1 unspecified atom stereocenters. The fourth-order valence-corrected chi connectivity index (χ4v) is 5.23. The van der Waals surface area contributed by atoms with Crippen LogP contribution in [0.5, 0.6) is 5.75 Å². The molecule has 1 fully saturated rings. The Labute approximate surface area is 166 Å². The van der Waals surface area contributed by atoms with Crippen molar-refractivity contribution in [2.75, 3.05) is 6.61 Å². The number of rotatable bonds is 4. The fraction of sp³-hybridized carbons (Fsp3) is 0.474. The van der Waals surface area contributed by atoms with Crippen molar-refractivity contribution in [1.29, 1.82) is 0 Å². The molecule has 0 saturated heterocycles. The molecule has 9 nitrogen and oxygen atoms in total. The van der Waals surface area contributed by atoms with Crippen LogP contribution in [0, 0.1) is 19.8 Å². The lowest BCUT2D eigenvalue weighted by Crippen LogP contribution is -2.37. The van der Waals surface area contributed by atoms with Crippen LogP contribution < -0.4 is 15.8 Å². The predicted octanol–water partition coefficient (Wildman–Crippen LogP) is 2.20. The van der Waals surface area contributed by atoms with Crippen molar-refractivity contribution < 1.29 is 23.2 Å². The first kappa shape index (κ1) is 20.1. The number of aliphatic hydroxyl groups is 1. The quantitative estimate of drug-likeness (QED) is 0.725. The van der Waals surface area contributed by atoms with Crippen LogP contribution in [0.25, 0.3) is 0 Å². The number of phosphoric acid groups is 1. The summed E-state index contributed by atoms with van der Waals surface area (Å²) >= 11 is 0. The lowest BCUT2D eigenvalue weighted by Gasteiger charge is -2.29. The van der Waals surface area contributed by atoms with Crippen molar-refractivity contribution in [3.05, 3.63) is 61.9 Å². The van der Waals surface area contributed by atoms with E-state index in [4.69, 9.17) is 13.6 Å².